The molecule has 6 heteroatoms. The van der Waals surface area contributed by atoms with Crippen LogP contribution in [0.1, 0.15) is 46.1 Å². The summed E-state index contributed by atoms with van der Waals surface area (Å²) in [6, 6.07) is 7.28. The van der Waals surface area contributed by atoms with E-state index < -0.39 is 24.0 Å². The number of nitrogens with one attached hydrogen (secondary N) is 1. The van der Waals surface area contributed by atoms with Crippen molar-refractivity contribution in [2.75, 3.05) is 0 Å². The van der Waals surface area contributed by atoms with Gasteiger partial charge in [-0.05, 0) is 24.7 Å². The molecule has 0 bridgehead atoms. The second-order valence-electron chi connectivity index (χ2n) is 6.99. The molecular weight excluding hydrogens is 320 g/mol. The quantitative estimate of drug-likeness (QED) is 0.470. The fourth-order valence-electron chi connectivity index (χ4n) is 2.46. The third-order valence-electron chi connectivity index (χ3n) is 3.63. The van der Waals surface area contributed by atoms with Gasteiger partial charge in [-0.25, -0.2) is 9.59 Å². The van der Waals surface area contributed by atoms with Crippen molar-refractivity contribution in [2.45, 2.75) is 52.6 Å². The minimum Gasteiger partial charge on any atom is -0.480 e. The monoisotopic (exact) mass is 348 g/mol. The first kappa shape index (κ1) is 20.7. The van der Waals surface area contributed by atoms with Crippen molar-refractivity contribution in [1.82, 2.24) is 5.32 Å². The van der Waals surface area contributed by atoms with Crippen LogP contribution >= 0.6 is 0 Å². The first-order valence-corrected chi connectivity index (χ1v) is 8.56. The molecule has 3 N–H and O–H groups in total. The summed E-state index contributed by atoms with van der Waals surface area (Å²) in [4.78, 5) is 27.5. The van der Waals surface area contributed by atoms with Crippen LogP contribution in [0.15, 0.2) is 35.3 Å². The molecule has 1 rings (SSSR count). The number of carboxylic acid groups (broad SMARTS) is 2. The molecule has 1 aromatic rings. The topological polar surface area (TPSA) is 99.0 Å². The maximum absolute atomic E-state index is 11.6. The van der Waals surface area contributed by atoms with E-state index in [-0.39, 0.29) is 11.8 Å². The fourth-order valence-corrected chi connectivity index (χ4v) is 2.46. The van der Waals surface area contributed by atoms with E-state index in [1.165, 1.54) is 0 Å². The van der Waals surface area contributed by atoms with Crippen LogP contribution in [0.25, 0.3) is 0 Å². The number of rotatable bonds is 9. The molecule has 25 heavy (non-hydrogen) atoms. The predicted octanol–water partition coefficient (Wildman–Crippen LogP) is 3.02. The van der Waals surface area contributed by atoms with E-state index in [2.05, 4.69) is 10.3 Å². The van der Waals surface area contributed by atoms with Crippen molar-refractivity contribution in [3.63, 3.8) is 0 Å². The van der Waals surface area contributed by atoms with Crippen molar-refractivity contribution in [3.05, 3.63) is 35.9 Å². The molecule has 0 saturated carbocycles. The van der Waals surface area contributed by atoms with Crippen molar-refractivity contribution in [3.8, 4) is 0 Å². The number of aliphatic carboxylic acids is 2. The number of aliphatic imine (C=N–C) groups is 1. The molecule has 0 aliphatic heterocycles. The standard InChI is InChI=1S/C19H28N2O4/c1-12(2)10-15(18(22)23)20-17(14-8-6-5-7-9-14)21-16(19(24)25)11-13(3)4/h5-9,12-13,15-16H,10-11H2,1-4H3,(H,20,21)(H,22,23)(H,24,25)/t15-,16-/m0/s1. The van der Waals surface area contributed by atoms with E-state index >= 15 is 0 Å². The number of benzene rings is 1. The van der Waals surface area contributed by atoms with Gasteiger partial charge >= 0.3 is 11.9 Å². The van der Waals surface area contributed by atoms with E-state index in [1.807, 2.05) is 45.9 Å². The van der Waals surface area contributed by atoms with Crippen molar-refractivity contribution in [1.29, 1.82) is 0 Å². The summed E-state index contributed by atoms with van der Waals surface area (Å²) in [6.07, 6.45) is 0.804. The Hall–Kier alpha value is -2.37. The minimum absolute atomic E-state index is 0.160. The fraction of sp³-hybridized carbons (Fsp3) is 0.526. The highest BCUT2D eigenvalue weighted by atomic mass is 16.4. The Morgan fingerprint density at radius 1 is 0.960 bits per heavy atom. The van der Waals surface area contributed by atoms with E-state index in [9.17, 15) is 19.8 Å². The van der Waals surface area contributed by atoms with Crippen LogP contribution in [0.5, 0.6) is 0 Å². The van der Waals surface area contributed by atoms with Gasteiger partial charge in [0.25, 0.3) is 0 Å². The largest absolute Gasteiger partial charge is 0.480 e. The molecule has 138 valence electrons. The van der Waals surface area contributed by atoms with Gasteiger partial charge in [-0.15, -0.1) is 0 Å². The normalized spacial score (nSPS) is 14.4. The Kier molecular flexibility index (Phi) is 8.11. The molecule has 6 nitrogen and oxygen atoms in total. The maximum Gasteiger partial charge on any atom is 0.328 e. The third kappa shape index (κ3) is 7.37. The molecule has 0 heterocycles. The highest BCUT2D eigenvalue weighted by Crippen LogP contribution is 2.12. The Labute approximate surface area is 149 Å². The predicted molar refractivity (Wildman–Crippen MR) is 97.9 cm³/mol. The van der Waals surface area contributed by atoms with Gasteiger partial charge in [0.2, 0.25) is 0 Å². The molecule has 0 aromatic heterocycles. The molecule has 0 spiro atoms. The number of hydrogen-bond donors (Lipinski definition) is 3. The van der Waals surface area contributed by atoms with E-state index in [0.717, 1.165) is 0 Å². The molecule has 0 amide bonds. The smallest absolute Gasteiger partial charge is 0.328 e. The van der Waals surface area contributed by atoms with E-state index in [1.54, 1.807) is 12.1 Å². The summed E-state index contributed by atoms with van der Waals surface area (Å²) >= 11 is 0. The average Bonchev–Trinajstić information content (AvgIpc) is 2.52. The number of nitrogens with zero attached hydrogens (tertiary/aromatic N) is 1. The molecule has 0 fully saturated rings. The van der Waals surface area contributed by atoms with E-state index in [4.69, 9.17) is 0 Å². The van der Waals surface area contributed by atoms with Crippen molar-refractivity contribution in [2.24, 2.45) is 16.8 Å². The molecular formula is C19H28N2O4. The number of hydrogen-bond acceptors (Lipinski definition) is 3. The van der Waals surface area contributed by atoms with Gasteiger partial charge in [0, 0.05) is 5.56 Å². The third-order valence-corrected chi connectivity index (χ3v) is 3.63. The highest BCUT2D eigenvalue weighted by molar-refractivity contribution is 6.01. The molecule has 1 aromatic carbocycles. The molecule has 0 saturated heterocycles. The molecule has 0 radical (unpaired) electrons. The second kappa shape index (κ2) is 9.81. The summed E-state index contributed by atoms with van der Waals surface area (Å²) in [6.45, 7) is 7.74. The zero-order valence-corrected chi connectivity index (χ0v) is 15.3. The lowest BCUT2D eigenvalue weighted by Gasteiger charge is -2.21. The Morgan fingerprint density at radius 3 is 1.96 bits per heavy atom. The number of carbonyl (C=O) groups is 2. The summed E-state index contributed by atoms with van der Waals surface area (Å²) in [5, 5.41) is 21.9. The van der Waals surface area contributed by atoms with Gasteiger partial charge in [-0.2, -0.15) is 0 Å². The summed E-state index contributed by atoms with van der Waals surface area (Å²) in [5.74, 6) is -1.35. The van der Waals surface area contributed by atoms with Crippen LogP contribution < -0.4 is 5.32 Å². The first-order chi connectivity index (χ1) is 11.7. The minimum atomic E-state index is -1.01. The second-order valence-corrected chi connectivity index (χ2v) is 6.99. The lowest BCUT2D eigenvalue weighted by Crippen LogP contribution is -2.43. The van der Waals surface area contributed by atoms with Crippen molar-refractivity contribution < 1.29 is 19.8 Å². The zero-order valence-electron chi connectivity index (χ0n) is 15.3. The van der Waals surface area contributed by atoms with Gasteiger partial charge in [-0.3, -0.25) is 4.99 Å². The summed E-state index contributed by atoms with van der Waals surface area (Å²) in [5.41, 5.74) is 0.674. The SMILES string of the molecule is CC(C)C[C@H](N=C(N[C@@H](CC(C)C)C(=O)O)c1ccccc1)C(=O)O. The summed E-state index contributed by atoms with van der Waals surface area (Å²) in [7, 11) is 0. The van der Waals surface area contributed by atoms with E-state index in [0.29, 0.717) is 24.2 Å². The van der Waals surface area contributed by atoms with Gasteiger partial charge < -0.3 is 15.5 Å². The Morgan fingerprint density at radius 2 is 1.52 bits per heavy atom. The van der Waals surface area contributed by atoms with Gasteiger partial charge in [0.05, 0.1) is 0 Å². The molecule has 0 aliphatic rings. The molecule has 2 atom stereocenters. The van der Waals surface area contributed by atoms with Gasteiger partial charge in [0.15, 0.2) is 0 Å². The van der Waals surface area contributed by atoms with Gasteiger partial charge in [-0.1, -0.05) is 58.0 Å². The lowest BCUT2D eigenvalue weighted by molar-refractivity contribution is -0.139. The van der Waals surface area contributed by atoms with Crippen LogP contribution in [-0.2, 0) is 9.59 Å². The lowest BCUT2D eigenvalue weighted by atomic mass is 10.0. The average molecular weight is 348 g/mol. The summed E-state index contributed by atoms with van der Waals surface area (Å²) < 4.78 is 0. The van der Waals surface area contributed by atoms with Crippen LogP contribution in [0, 0.1) is 11.8 Å². The van der Waals surface area contributed by atoms with Crippen LogP contribution in [0.4, 0.5) is 0 Å². The first-order valence-electron chi connectivity index (χ1n) is 8.56. The van der Waals surface area contributed by atoms with Crippen LogP contribution in [0.2, 0.25) is 0 Å². The zero-order chi connectivity index (χ0) is 19.0. The van der Waals surface area contributed by atoms with Crippen molar-refractivity contribution >= 4 is 17.8 Å². The Bertz CT molecular complexity index is 597. The highest BCUT2D eigenvalue weighted by Gasteiger charge is 2.24. The Balaban J connectivity index is 3.21. The number of carboxylic acids is 2. The molecule has 0 unspecified atom stereocenters. The molecule has 0 aliphatic carbocycles. The van der Waals surface area contributed by atoms with Crippen LogP contribution in [0.3, 0.4) is 0 Å². The van der Waals surface area contributed by atoms with Crippen LogP contribution in [-0.4, -0.2) is 40.1 Å². The number of amidine groups is 1. The van der Waals surface area contributed by atoms with Gasteiger partial charge in [0.1, 0.15) is 17.9 Å². The maximum atomic E-state index is 11.6.